The van der Waals surface area contributed by atoms with Crippen molar-refractivity contribution in [2.75, 3.05) is 13.7 Å². The summed E-state index contributed by atoms with van der Waals surface area (Å²) < 4.78 is 5.86. The fraction of sp³-hybridized carbons (Fsp3) is 0.929. The Labute approximate surface area is 134 Å². The lowest BCUT2D eigenvalue weighted by Gasteiger charge is -2.61. The molecule has 5 heteroatoms. The van der Waals surface area contributed by atoms with Crippen molar-refractivity contribution in [1.82, 2.24) is 10.6 Å². The largest absolute Gasteiger partial charge is 0.378 e. The Morgan fingerprint density at radius 1 is 1.42 bits per heavy atom. The fourth-order valence-corrected chi connectivity index (χ4v) is 3.25. The van der Waals surface area contributed by atoms with Crippen LogP contribution < -0.4 is 10.6 Å². The zero-order chi connectivity index (χ0) is 13.2. The molecule has 0 aromatic carbocycles. The number of nitrogens with zero attached hydrogens (tertiary/aromatic N) is 1. The Hall–Kier alpha value is -0.0400. The van der Waals surface area contributed by atoms with E-state index in [-0.39, 0.29) is 24.0 Å². The van der Waals surface area contributed by atoms with Gasteiger partial charge in [0.15, 0.2) is 5.96 Å². The van der Waals surface area contributed by atoms with Crippen LogP contribution in [0.4, 0.5) is 0 Å². The molecule has 2 aliphatic carbocycles. The normalized spacial score (nSPS) is 28.4. The van der Waals surface area contributed by atoms with Crippen molar-refractivity contribution in [2.24, 2.45) is 10.4 Å². The maximum absolute atomic E-state index is 5.86. The minimum absolute atomic E-state index is 0. The zero-order valence-corrected chi connectivity index (χ0v) is 14.9. The Morgan fingerprint density at radius 2 is 2.11 bits per heavy atom. The van der Waals surface area contributed by atoms with Gasteiger partial charge in [0, 0.05) is 31.2 Å². The van der Waals surface area contributed by atoms with Gasteiger partial charge in [-0.25, -0.2) is 0 Å². The molecule has 0 heterocycles. The average Bonchev–Trinajstić information content (AvgIpc) is 2.23. The van der Waals surface area contributed by atoms with Crippen LogP contribution >= 0.6 is 24.0 Å². The third kappa shape index (κ3) is 3.35. The first-order valence-electron chi connectivity index (χ1n) is 7.24. The van der Waals surface area contributed by atoms with Gasteiger partial charge in [-0.05, 0) is 40.0 Å². The van der Waals surface area contributed by atoms with Crippen molar-refractivity contribution in [2.45, 2.75) is 64.6 Å². The summed E-state index contributed by atoms with van der Waals surface area (Å²) in [6.45, 7) is 7.19. The molecular formula is C14H28IN3O. The molecule has 1 spiro atoms. The number of hydrogen-bond acceptors (Lipinski definition) is 2. The quantitative estimate of drug-likeness (QED) is 0.447. The molecule has 0 saturated heterocycles. The molecule has 2 unspecified atom stereocenters. The Kier molecular flexibility index (Phi) is 6.36. The van der Waals surface area contributed by atoms with Crippen molar-refractivity contribution in [3.05, 3.63) is 0 Å². The molecule has 2 saturated carbocycles. The number of hydrogen-bond donors (Lipinski definition) is 2. The molecule has 2 atom stereocenters. The molecule has 2 aliphatic rings. The van der Waals surface area contributed by atoms with E-state index in [4.69, 9.17) is 4.74 Å². The number of halogens is 1. The second kappa shape index (κ2) is 7.11. The molecule has 2 fully saturated rings. The monoisotopic (exact) mass is 381 g/mol. The standard InChI is InChI=1S/C14H27N3O.HI/c1-5-18-12-9-11(14(12)7-6-8-14)17-13(15-4)16-10(2)3;/h10-12H,5-9H2,1-4H3,(H2,15,16,17);1H. The maximum atomic E-state index is 5.86. The van der Waals surface area contributed by atoms with E-state index in [9.17, 15) is 0 Å². The molecule has 0 radical (unpaired) electrons. The Bertz CT molecular complexity index is 316. The molecule has 0 amide bonds. The minimum Gasteiger partial charge on any atom is -0.378 e. The van der Waals surface area contributed by atoms with Gasteiger partial charge in [-0.3, -0.25) is 4.99 Å². The van der Waals surface area contributed by atoms with Gasteiger partial charge < -0.3 is 15.4 Å². The van der Waals surface area contributed by atoms with Crippen LogP contribution in [0.3, 0.4) is 0 Å². The van der Waals surface area contributed by atoms with Crippen molar-refractivity contribution in [1.29, 1.82) is 0 Å². The predicted octanol–water partition coefficient (Wildman–Crippen LogP) is 2.53. The number of guanidine groups is 1. The van der Waals surface area contributed by atoms with E-state index in [0.29, 0.717) is 23.6 Å². The Balaban J connectivity index is 0.00000180. The lowest BCUT2D eigenvalue weighted by atomic mass is 9.51. The fourth-order valence-electron chi connectivity index (χ4n) is 3.25. The number of nitrogens with one attached hydrogen (secondary N) is 2. The summed E-state index contributed by atoms with van der Waals surface area (Å²) in [5.74, 6) is 0.927. The van der Waals surface area contributed by atoms with E-state index in [1.807, 2.05) is 7.05 Å². The Morgan fingerprint density at radius 3 is 2.53 bits per heavy atom. The highest BCUT2D eigenvalue weighted by atomic mass is 127. The van der Waals surface area contributed by atoms with Gasteiger partial charge in [-0.2, -0.15) is 0 Å². The number of ether oxygens (including phenoxy) is 1. The van der Waals surface area contributed by atoms with E-state index in [0.717, 1.165) is 19.0 Å². The van der Waals surface area contributed by atoms with Gasteiger partial charge in [0.2, 0.25) is 0 Å². The van der Waals surface area contributed by atoms with Crippen LogP contribution in [-0.2, 0) is 4.74 Å². The molecule has 0 aromatic heterocycles. The SMILES string of the molecule is CCOC1CC(NC(=NC)NC(C)C)C12CCC2.I. The van der Waals surface area contributed by atoms with E-state index >= 15 is 0 Å². The van der Waals surface area contributed by atoms with Crippen LogP contribution in [0.25, 0.3) is 0 Å². The number of aliphatic imine (C=N–C) groups is 1. The van der Waals surface area contributed by atoms with Crippen LogP contribution in [0.15, 0.2) is 4.99 Å². The second-order valence-electron chi connectivity index (χ2n) is 5.83. The van der Waals surface area contributed by atoms with Crippen molar-refractivity contribution in [3.8, 4) is 0 Å². The average molecular weight is 381 g/mol. The highest BCUT2D eigenvalue weighted by Gasteiger charge is 2.59. The summed E-state index contributed by atoms with van der Waals surface area (Å²) in [6, 6.07) is 0.948. The van der Waals surface area contributed by atoms with Crippen LogP contribution in [0, 0.1) is 5.41 Å². The van der Waals surface area contributed by atoms with E-state index in [1.165, 1.54) is 19.3 Å². The van der Waals surface area contributed by atoms with Crippen LogP contribution in [0.1, 0.15) is 46.5 Å². The van der Waals surface area contributed by atoms with Crippen molar-refractivity contribution in [3.63, 3.8) is 0 Å². The van der Waals surface area contributed by atoms with E-state index in [2.05, 4.69) is 36.4 Å². The van der Waals surface area contributed by atoms with Gasteiger partial charge in [0.05, 0.1) is 6.10 Å². The van der Waals surface area contributed by atoms with Crippen molar-refractivity contribution >= 4 is 29.9 Å². The van der Waals surface area contributed by atoms with Crippen LogP contribution in [0.2, 0.25) is 0 Å². The lowest BCUT2D eigenvalue weighted by Crippen LogP contribution is -2.68. The molecule has 0 aliphatic heterocycles. The highest BCUT2D eigenvalue weighted by molar-refractivity contribution is 14.0. The lowest BCUT2D eigenvalue weighted by molar-refractivity contribution is -0.168. The third-order valence-corrected chi connectivity index (χ3v) is 4.40. The molecule has 4 nitrogen and oxygen atoms in total. The summed E-state index contributed by atoms with van der Waals surface area (Å²) in [5.41, 5.74) is 0.393. The van der Waals surface area contributed by atoms with Crippen LogP contribution in [0.5, 0.6) is 0 Å². The molecular weight excluding hydrogens is 353 g/mol. The predicted molar refractivity (Wildman–Crippen MR) is 90.3 cm³/mol. The second-order valence-corrected chi connectivity index (χ2v) is 5.83. The topological polar surface area (TPSA) is 45.6 Å². The van der Waals surface area contributed by atoms with Crippen LogP contribution in [-0.4, -0.2) is 37.8 Å². The summed E-state index contributed by atoms with van der Waals surface area (Å²) >= 11 is 0. The molecule has 112 valence electrons. The summed E-state index contributed by atoms with van der Waals surface area (Å²) in [4.78, 5) is 4.30. The van der Waals surface area contributed by atoms with E-state index < -0.39 is 0 Å². The first kappa shape index (κ1) is 17.0. The summed E-state index contributed by atoms with van der Waals surface area (Å²) in [6.07, 6.45) is 5.53. The minimum atomic E-state index is 0. The molecule has 0 aromatic rings. The third-order valence-electron chi connectivity index (χ3n) is 4.40. The van der Waals surface area contributed by atoms with Gasteiger partial charge in [-0.15, -0.1) is 24.0 Å². The zero-order valence-electron chi connectivity index (χ0n) is 12.5. The van der Waals surface area contributed by atoms with Crippen molar-refractivity contribution < 1.29 is 4.74 Å². The van der Waals surface area contributed by atoms with Gasteiger partial charge >= 0.3 is 0 Å². The highest BCUT2D eigenvalue weighted by Crippen LogP contribution is 2.57. The van der Waals surface area contributed by atoms with Gasteiger partial charge in [-0.1, -0.05) is 6.42 Å². The van der Waals surface area contributed by atoms with E-state index in [1.54, 1.807) is 0 Å². The van der Waals surface area contributed by atoms with Gasteiger partial charge in [0.25, 0.3) is 0 Å². The first-order valence-corrected chi connectivity index (χ1v) is 7.24. The summed E-state index contributed by atoms with van der Waals surface area (Å²) in [7, 11) is 1.84. The van der Waals surface area contributed by atoms with Gasteiger partial charge in [0.1, 0.15) is 0 Å². The molecule has 0 bridgehead atoms. The molecule has 2 rings (SSSR count). The molecule has 2 N–H and O–H groups in total. The maximum Gasteiger partial charge on any atom is 0.191 e. The molecule has 19 heavy (non-hydrogen) atoms. The summed E-state index contributed by atoms with van der Waals surface area (Å²) in [5, 5.41) is 6.93. The first-order chi connectivity index (χ1) is 8.62. The smallest absolute Gasteiger partial charge is 0.191 e. The number of rotatable bonds is 4.